The summed E-state index contributed by atoms with van der Waals surface area (Å²) in [7, 11) is -3.79. The van der Waals surface area contributed by atoms with E-state index in [-0.39, 0.29) is 62.7 Å². The van der Waals surface area contributed by atoms with E-state index in [0.29, 0.717) is 0 Å². The first kappa shape index (κ1) is 28.2. The van der Waals surface area contributed by atoms with Gasteiger partial charge in [0.05, 0.1) is 30.2 Å². The second kappa shape index (κ2) is 11.9. The van der Waals surface area contributed by atoms with Crippen LogP contribution in [0.25, 0.3) is 0 Å². The zero-order chi connectivity index (χ0) is 27.4. The Kier molecular flexibility index (Phi) is 8.85. The SMILES string of the molecule is O=C(O)Cc1nc(NC(=O)C(Oc2ccc(Cl)cc2F)c2ccc(S(=O)(=O)N3CCOCC3)cc2)sc1Cl. The number of aromatic nitrogens is 1. The average molecular weight is 604 g/mol. The number of benzene rings is 2. The van der Waals surface area contributed by atoms with Crippen LogP contribution in [0.1, 0.15) is 17.4 Å². The molecule has 2 N–H and O–H groups in total. The first-order valence-electron chi connectivity index (χ1n) is 11.0. The summed E-state index contributed by atoms with van der Waals surface area (Å²) in [5, 5.41) is 11.6. The summed E-state index contributed by atoms with van der Waals surface area (Å²) in [4.78, 5) is 28.3. The molecule has 1 aliphatic heterocycles. The monoisotopic (exact) mass is 603 g/mol. The maximum absolute atomic E-state index is 14.5. The number of carbonyl (C=O) groups is 2. The minimum absolute atomic E-state index is 0.00463. The number of carboxylic acids is 1. The smallest absolute Gasteiger partial charge is 0.309 e. The molecule has 1 saturated heterocycles. The Bertz CT molecular complexity index is 1450. The van der Waals surface area contributed by atoms with Crippen molar-refractivity contribution in [2.24, 2.45) is 0 Å². The van der Waals surface area contributed by atoms with Gasteiger partial charge in [0.1, 0.15) is 4.34 Å². The second-order valence-corrected chi connectivity index (χ2v) is 11.9. The molecule has 4 rings (SSSR count). The molecule has 1 unspecified atom stereocenters. The number of hydrogen-bond acceptors (Lipinski definition) is 8. The van der Waals surface area contributed by atoms with Crippen molar-refractivity contribution < 1.29 is 37.0 Å². The number of sulfonamides is 1. The summed E-state index contributed by atoms with van der Waals surface area (Å²) >= 11 is 12.7. The van der Waals surface area contributed by atoms with Gasteiger partial charge in [-0.1, -0.05) is 46.7 Å². The number of aliphatic carboxylic acids is 1. The fourth-order valence-corrected chi connectivity index (χ4v) is 6.14. The normalized spacial score (nSPS) is 15.1. The van der Waals surface area contributed by atoms with Gasteiger partial charge in [-0.15, -0.1) is 0 Å². The van der Waals surface area contributed by atoms with Crippen molar-refractivity contribution >= 4 is 61.6 Å². The number of hydrogen-bond donors (Lipinski definition) is 2. The van der Waals surface area contributed by atoms with Crippen LogP contribution in [0.15, 0.2) is 47.4 Å². The summed E-state index contributed by atoms with van der Waals surface area (Å²) < 4.78 is 52.7. The van der Waals surface area contributed by atoms with Crippen LogP contribution < -0.4 is 10.1 Å². The molecule has 38 heavy (non-hydrogen) atoms. The van der Waals surface area contributed by atoms with Crippen molar-refractivity contribution in [1.82, 2.24) is 9.29 Å². The van der Waals surface area contributed by atoms with Gasteiger partial charge in [-0.05, 0) is 30.3 Å². The molecule has 10 nitrogen and oxygen atoms in total. The number of nitrogens with one attached hydrogen (secondary N) is 1. The summed E-state index contributed by atoms with van der Waals surface area (Å²) in [6, 6.07) is 9.07. The highest BCUT2D eigenvalue weighted by atomic mass is 35.5. The van der Waals surface area contributed by atoms with Crippen LogP contribution in [-0.2, 0) is 30.8 Å². The molecule has 202 valence electrons. The average Bonchev–Trinajstić information content (AvgIpc) is 3.21. The maximum Gasteiger partial charge on any atom is 0.309 e. The van der Waals surface area contributed by atoms with Crippen LogP contribution in [0, 0.1) is 5.82 Å². The highest BCUT2D eigenvalue weighted by molar-refractivity contribution is 7.89. The topological polar surface area (TPSA) is 135 Å². The molecule has 2 heterocycles. The minimum atomic E-state index is -3.79. The zero-order valence-corrected chi connectivity index (χ0v) is 22.5. The zero-order valence-electron chi connectivity index (χ0n) is 19.4. The third kappa shape index (κ3) is 6.60. The van der Waals surface area contributed by atoms with E-state index in [2.05, 4.69) is 10.3 Å². The second-order valence-electron chi connectivity index (χ2n) is 7.96. The molecule has 1 fully saturated rings. The van der Waals surface area contributed by atoms with E-state index in [1.54, 1.807) is 0 Å². The molecule has 1 aromatic heterocycles. The Labute approximate surface area is 231 Å². The first-order valence-corrected chi connectivity index (χ1v) is 14.0. The van der Waals surface area contributed by atoms with Gasteiger partial charge in [-0.25, -0.2) is 17.8 Å². The number of carboxylic acid groups (broad SMARTS) is 1. The van der Waals surface area contributed by atoms with Crippen LogP contribution in [0.2, 0.25) is 9.36 Å². The Morgan fingerprint density at radius 1 is 1.18 bits per heavy atom. The van der Waals surface area contributed by atoms with E-state index in [0.717, 1.165) is 17.4 Å². The van der Waals surface area contributed by atoms with Gasteiger partial charge in [0.2, 0.25) is 16.1 Å². The van der Waals surface area contributed by atoms with E-state index in [1.165, 1.54) is 40.7 Å². The fraction of sp³-hybridized carbons (Fsp3) is 0.261. The Morgan fingerprint density at radius 3 is 2.50 bits per heavy atom. The molecule has 0 spiro atoms. The number of rotatable bonds is 9. The van der Waals surface area contributed by atoms with Crippen molar-refractivity contribution in [3.05, 3.63) is 68.9 Å². The van der Waals surface area contributed by atoms with Gasteiger partial charge in [0.25, 0.3) is 5.91 Å². The molecule has 3 aromatic rings. The van der Waals surface area contributed by atoms with Crippen molar-refractivity contribution in [2.75, 3.05) is 31.6 Å². The summed E-state index contributed by atoms with van der Waals surface area (Å²) in [5.41, 5.74) is 0.282. The van der Waals surface area contributed by atoms with Gasteiger partial charge >= 0.3 is 5.97 Å². The lowest BCUT2D eigenvalue weighted by atomic mass is 10.1. The van der Waals surface area contributed by atoms with E-state index >= 15 is 0 Å². The van der Waals surface area contributed by atoms with E-state index in [1.807, 2.05) is 0 Å². The van der Waals surface area contributed by atoms with Crippen molar-refractivity contribution in [2.45, 2.75) is 17.4 Å². The third-order valence-corrected chi connectivity index (χ3v) is 8.77. The number of carbonyl (C=O) groups excluding carboxylic acids is 1. The van der Waals surface area contributed by atoms with Crippen LogP contribution in [-0.4, -0.2) is 61.0 Å². The predicted octanol–water partition coefficient (Wildman–Crippen LogP) is 4.00. The number of nitrogens with zero attached hydrogens (tertiary/aromatic N) is 2. The highest BCUT2D eigenvalue weighted by Crippen LogP contribution is 2.32. The molecule has 1 amide bonds. The number of thiazole rings is 1. The van der Waals surface area contributed by atoms with Crippen molar-refractivity contribution in [3.63, 3.8) is 0 Å². The van der Waals surface area contributed by atoms with Crippen LogP contribution >= 0.6 is 34.5 Å². The van der Waals surface area contributed by atoms with Crippen LogP contribution in [0.5, 0.6) is 5.75 Å². The van der Waals surface area contributed by atoms with Crippen molar-refractivity contribution in [1.29, 1.82) is 0 Å². The van der Waals surface area contributed by atoms with E-state index in [9.17, 15) is 22.4 Å². The van der Waals surface area contributed by atoms with Crippen LogP contribution in [0.4, 0.5) is 9.52 Å². The Hall–Kier alpha value is -2.81. The Balaban J connectivity index is 1.62. The minimum Gasteiger partial charge on any atom is -0.481 e. The van der Waals surface area contributed by atoms with Gasteiger partial charge in [0, 0.05) is 23.7 Å². The highest BCUT2D eigenvalue weighted by Gasteiger charge is 2.29. The van der Waals surface area contributed by atoms with Crippen molar-refractivity contribution in [3.8, 4) is 5.75 Å². The quantitative estimate of drug-likeness (QED) is 0.375. The molecular weight excluding hydrogens is 584 g/mol. The summed E-state index contributed by atoms with van der Waals surface area (Å²) in [6.45, 7) is 1.01. The molecule has 0 saturated carbocycles. The lowest BCUT2D eigenvalue weighted by Gasteiger charge is -2.26. The van der Waals surface area contributed by atoms with Gasteiger partial charge in [-0.3, -0.25) is 14.9 Å². The summed E-state index contributed by atoms with van der Waals surface area (Å²) in [6.07, 6.45) is -1.89. The van der Waals surface area contributed by atoms with Gasteiger partial charge < -0.3 is 14.6 Å². The number of anilines is 1. The predicted molar refractivity (Wildman–Crippen MR) is 138 cm³/mol. The number of ether oxygens (including phenoxy) is 2. The maximum atomic E-state index is 14.5. The van der Waals surface area contributed by atoms with Gasteiger partial charge in [-0.2, -0.15) is 4.31 Å². The third-order valence-electron chi connectivity index (χ3n) is 5.37. The Morgan fingerprint density at radius 2 is 1.87 bits per heavy atom. The van der Waals surface area contributed by atoms with E-state index < -0.39 is 40.2 Å². The molecule has 1 atom stereocenters. The standard InChI is InChI=1S/C23H20Cl2FN3O7S2/c24-14-3-6-18(16(26)11-14)36-20(22(32)28-23-27-17(12-19(30)31)21(25)37-23)13-1-4-15(5-2-13)38(33,34)29-7-9-35-10-8-29/h1-6,11,20H,7-10,12H2,(H,30,31)(H,27,28,32). The molecule has 1 aliphatic rings. The molecule has 0 aliphatic carbocycles. The number of amides is 1. The largest absolute Gasteiger partial charge is 0.481 e. The number of morpholine rings is 1. The lowest BCUT2D eigenvalue weighted by molar-refractivity contribution is -0.136. The molecular formula is C23H20Cl2FN3O7S2. The fourth-order valence-electron chi connectivity index (χ4n) is 3.53. The van der Waals surface area contributed by atoms with Gasteiger partial charge in [0.15, 0.2) is 16.7 Å². The molecule has 0 bridgehead atoms. The molecule has 2 aromatic carbocycles. The molecule has 0 radical (unpaired) electrons. The van der Waals surface area contributed by atoms with E-state index in [4.69, 9.17) is 37.8 Å². The number of halogens is 3. The first-order chi connectivity index (χ1) is 18.0. The summed E-state index contributed by atoms with van der Waals surface area (Å²) in [5.74, 6) is -3.02. The molecule has 15 heteroatoms. The van der Waals surface area contributed by atoms with Crippen LogP contribution in [0.3, 0.4) is 0 Å². The lowest BCUT2D eigenvalue weighted by Crippen LogP contribution is -2.40.